The molecule has 21 heavy (non-hydrogen) atoms. The van der Waals surface area contributed by atoms with Gasteiger partial charge >= 0.3 is 5.97 Å². The summed E-state index contributed by atoms with van der Waals surface area (Å²) in [6.07, 6.45) is 0. The molecule has 3 nitrogen and oxygen atoms in total. The molecule has 0 aliphatic rings. The zero-order chi connectivity index (χ0) is 15.0. The van der Waals surface area contributed by atoms with Crippen molar-refractivity contribution in [1.82, 2.24) is 4.98 Å². The number of aromatic carboxylic acids is 1. The van der Waals surface area contributed by atoms with Crippen LogP contribution in [0.3, 0.4) is 0 Å². The second-order valence-corrected chi connectivity index (χ2v) is 4.88. The van der Waals surface area contributed by atoms with Gasteiger partial charge in [0.25, 0.3) is 0 Å². The van der Waals surface area contributed by atoms with Crippen LogP contribution in [0.4, 0.5) is 4.39 Å². The molecule has 0 aliphatic heterocycles. The third-order valence-electron chi connectivity index (χ3n) is 3.17. The van der Waals surface area contributed by atoms with Crippen LogP contribution in [0.25, 0.3) is 22.2 Å². The first kappa shape index (κ1) is 13.5. The molecule has 3 rings (SSSR count). The van der Waals surface area contributed by atoms with E-state index in [1.807, 2.05) is 0 Å². The lowest BCUT2D eigenvalue weighted by Gasteiger charge is -2.08. The van der Waals surface area contributed by atoms with Crippen molar-refractivity contribution < 1.29 is 14.3 Å². The number of fused-ring (bicyclic) bond motifs is 1. The van der Waals surface area contributed by atoms with Crippen LogP contribution >= 0.6 is 11.6 Å². The molecule has 1 N–H and O–H groups in total. The van der Waals surface area contributed by atoms with E-state index in [9.17, 15) is 14.3 Å². The molecule has 1 aromatic heterocycles. The van der Waals surface area contributed by atoms with Crippen molar-refractivity contribution in [2.24, 2.45) is 0 Å². The SMILES string of the molecule is O=C(O)c1cc(-c2ccccc2Cl)nc2c(F)cccc12. The molecule has 0 fully saturated rings. The molecule has 0 aliphatic carbocycles. The minimum absolute atomic E-state index is 0.00517. The lowest BCUT2D eigenvalue weighted by Crippen LogP contribution is -2.01. The molecule has 104 valence electrons. The number of aromatic nitrogens is 1. The predicted molar refractivity (Wildman–Crippen MR) is 79.1 cm³/mol. The van der Waals surface area contributed by atoms with Gasteiger partial charge < -0.3 is 5.11 Å². The Kier molecular flexibility index (Phi) is 3.31. The summed E-state index contributed by atoms with van der Waals surface area (Å²) >= 11 is 6.10. The van der Waals surface area contributed by atoms with Crippen LogP contribution in [0, 0.1) is 5.82 Å². The average molecular weight is 302 g/mol. The minimum atomic E-state index is -1.14. The highest BCUT2D eigenvalue weighted by molar-refractivity contribution is 6.33. The van der Waals surface area contributed by atoms with Crippen molar-refractivity contribution in [2.45, 2.75) is 0 Å². The molecule has 0 amide bonds. The number of halogens is 2. The molecule has 2 aromatic carbocycles. The maximum Gasteiger partial charge on any atom is 0.336 e. The van der Waals surface area contributed by atoms with Gasteiger partial charge in [-0.2, -0.15) is 0 Å². The number of hydrogen-bond acceptors (Lipinski definition) is 2. The Balaban J connectivity index is 2.38. The molecule has 0 unspecified atom stereocenters. The summed E-state index contributed by atoms with van der Waals surface area (Å²) in [6.45, 7) is 0. The topological polar surface area (TPSA) is 50.2 Å². The van der Waals surface area contributed by atoms with Gasteiger partial charge in [0.05, 0.1) is 11.3 Å². The molecular formula is C16H9ClFNO2. The molecule has 0 atom stereocenters. The predicted octanol–water partition coefficient (Wildman–Crippen LogP) is 4.39. The Labute approximate surface area is 124 Å². The number of carboxylic acid groups (broad SMARTS) is 1. The lowest BCUT2D eigenvalue weighted by molar-refractivity contribution is 0.0699. The van der Waals surface area contributed by atoms with E-state index in [2.05, 4.69) is 4.98 Å². The van der Waals surface area contributed by atoms with Crippen molar-refractivity contribution in [3.05, 3.63) is 64.9 Å². The number of carbonyl (C=O) groups is 1. The highest BCUT2D eigenvalue weighted by Crippen LogP contribution is 2.30. The van der Waals surface area contributed by atoms with E-state index >= 15 is 0 Å². The standard InChI is InChI=1S/C16H9ClFNO2/c17-12-6-2-1-4-10(12)14-8-11(16(20)21)9-5-3-7-13(18)15(9)19-14/h1-8H,(H,20,21). The largest absolute Gasteiger partial charge is 0.478 e. The summed E-state index contributed by atoms with van der Waals surface area (Å²) in [5.74, 6) is -1.70. The van der Waals surface area contributed by atoms with Crippen LogP contribution in [0.1, 0.15) is 10.4 Å². The van der Waals surface area contributed by atoms with Gasteiger partial charge in [-0.05, 0) is 18.2 Å². The molecule has 0 radical (unpaired) electrons. The zero-order valence-corrected chi connectivity index (χ0v) is 11.4. The van der Waals surface area contributed by atoms with E-state index in [1.54, 1.807) is 24.3 Å². The van der Waals surface area contributed by atoms with E-state index in [1.165, 1.54) is 24.3 Å². The maximum atomic E-state index is 13.9. The number of hydrogen-bond donors (Lipinski definition) is 1. The second-order valence-electron chi connectivity index (χ2n) is 4.48. The van der Waals surface area contributed by atoms with Crippen LogP contribution in [0.2, 0.25) is 5.02 Å². The second kappa shape index (κ2) is 5.14. The summed E-state index contributed by atoms with van der Waals surface area (Å²) in [7, 11) is 0. The summed E-state index contributed by atoms with van der Waals surface area (Å²) in [4.78, 5) is 15.6. The minimum Gasteiger partial charge on any atom is -0.478 e. The van der Waals surface area contributed by atoms with Gasteiger partial charge in [0.2, 0.25) is 0 Å². The van der Waals surface area contributed by atoms with Gasteiger partial charge in [-0.3, -0.25) is 0 Å². The van der Waals surface area contributed by atoms with Gasteiger partial charge in [0.15, 0.2) is 0 Å². The number of rotatable bonds is 2. The fraction of sp³-hybridized carbons (Fsp3) is 0. The molecule has 0 bridgehead atoms. The van der Waals surface area contributed by atoms with Crippen molar-refractivity contribution in [3.8, 4) is 11.3 Å². The number of carboxylic acids is 1. The fourth-order valence-electron chi connectivity index (χ4n) is 2.20. The van der Waals surface area contributed by atoms with Crippen molar-refractivity contribution in [1.29, 1.82) is 0 Å². The van der Waals surface area contributed by atoms with Gasteiger partial charge in [0, 0.05) is 16.0 Å². The van der Waals surface area contributed by atoms with Crippen LogP contribution < -0.4 is 0 Å². The Bertz CT molecular complexity index is 864. The first-order valence-electron chi connectivity index (χ1n) is 6.15. The highest BCUT2D eigenvalue weighted by Gasteiger charge is 2.16. The van der Waals surface area contributed by atoms with Gasteiger partial charge in [-0.1, -0.05) is 41.9 Å². The van der Waals surface area contributed by atoms with Crippen molar-refractivity contribution in [2.75, 3.05) is 0 Å². The Morgan fingerprint density at radius 1 is 1.14 bits per heavy atom. The number of pyridine rings is 1. The van der Waals surface area contributed by atoms with E-state index in [-0.39, 0.29) is 16.5 Å². The fourth-order valence-corrected chi connectivity index (χ4v) is 2.43. The molecule has 5 heteroatoms. The first-order chi connectivity index (χ1) is 10.1. The molecule has 0 saturated heterocycles. The van der Waals surface area contributed by atoms with Crippen LogP contribution in [-0.2, 0) is 0 Å². The quantitative estimate of drug-likeness (QED) is 0.763. The lowest BCUT2D eigenvalue weighted by atomic mass is 10.0. The van der Waals surface area contributed by atoms with Gasteiger partial charge in [0.1, 0.15) is 11.3 Å². The van der Waals surface area contributed by atoms with E-state index in [4.69, 9.17) is 11.6 Å². The number of benzene rings is 2. The Morgan fingerprint density at radius 2 is 1.90 bits per heavy atom. The first-order valence-corrected chi connectivity index (χ1v) is 6.53. The van der Waals surface area contributed by atoms with Crippen LogP contribution in [-0.4, -0.2) is 16.1 Å². The Hall–Kier alpha value is -2.46. The van der Waals surface area contributed by atoms with Crippen molar-refractivity contribution >= 4 is 28.5 Å². The molecule has 0 spiro atoms. The van der Waals surface area contributed by atoms with Crippen molar-refractivity contribution in [3.63, 3.8) is 0 Å². The third-order valence-corrected chi connectivity index (χ3v) is 3.50. The zero-order valence-electron chi connectivity index (χ0n) is 10.7. The summed E-state index contributed by atoms with van der Waals surface area (Å²) in [5, 5.41) is 10.0. The molecule has 1 heterocycles. The smallest absolute Gasteiger partial charge is 0.336 e. The Morgan fingerprint density at radius 3 is 2.62 bits per heavy atom. The molecule has 0 saturated carbocycles. The third kappa shape index (κ3) is 2.34. The molecule has 3 aromatic rings. The monoisotopic (exact) mass is 301 g/mol. The summed E-state index contributed by atoms with van der Waals surface area (Å²) < 4.78 is 13.9. The summed E-state index contributed by atoms with van der Waals surface area (Å²) in [5.41, 5.74) is 0.907. The maximum absolute atomic E-state index is 13.9. The van der Waals surface area contributed by atoms with E-state index < -0.39 is 11.8 Å². The summed E-state index contributed by atoms with van der Waals surface area (Å²) in [6, 6.07) is 12.5. The number of nitrogens with zero attached hydrogens (tertiary/aromatic N) is 1. The normalized spacial score (nSPS) is 10.8. The van der Waals surface area contributed by atoms with Gasteiger partial charge in [-0.15, -0.1) is 0 Å². The number of para-hydroxylation sites is 1. The van der Waals surface area contributed by atoms with Crippen LogP contribution in [0.15, 0.2) is 48.5 Å². The average Bonchev–Trinajstić information content (AvgIpc) is 2.47. The van der Waals surface area contributed by atoms with Gasteiger partial charge in [-0.25, -0.2) is 14.2 Å². The van der Waals surface area contributed by atoms with Crippen LogP contribution in [0.5, 0.6) is 0 Å². The highest BCUT2D eigenvalue weighted by atomic mass is 35.5. The van der Waals surface area contributed by atoms with E-state index in [0.29, 0.717) is 16.3 Å². The molecular weight excluding hydrogens is 293 g/mol. The van der Waals surface area contributed by atoms with E-state index in [0.717, 1.165) is 0 Å².